The van der Waals surface area contributed by atoms with E-state index in [2.05, 4.69) is 19.0 Å². The quantitative estimate of drug-likeness (QED) is 0.314. The summed E-state index contributed by atoms with van der Waals surface area (Å²) >= 11 is 0. The van der Waals surface area contributed by atoms with Crippen LogP contribution in [0, 0.1) is 5.41 Å². The molecule has 0 spiro atoms. The van der Waals surface area contributed by atoms with Crippen molar-refractivity contribution in [3.63, 3.8) is 0 Å². The van der Waals surface area contributed by atoms with Crippen molar-refractivity contribution in [1.82, 2.24) is 4.57 Å². The van der Waals surface area contributed by atoms with Crippen LogP contribution in [0.2, 0.25) is 0 Å². The van der Waals surface area contributed by atoms with Crippen molar-refractivity contribution >= 4 is 12.2 Å². The van der Waals surface area contributed by atoms with Gasteiger partial charge in [0, 0.05) is 42.0 Å². The molecule has 0 aliphatic carbocycles. The fourth-order valence-corrected chi connectivity index (χ4v) is 4.20. The Morgan fingerprint density at radius 2 is 2.06 bits per heavy atom. The van der Waals surface area contributed by atoms with Crippen molar-refractivity contribution in [2.45, 2.75) is 33.2 Å². The Morgan fingerprint density at radius 1 is 1.32 bits per heavy atom. The Hall–Kier alpha value is -3.13. The van der Waals surface area contributed by atoms with Gasteiger partial charge in [0.15, 0.2) is 5.43 Å². The number of aromatic nitrogens is 1. The molecule has 2 aromatic rings. The third kappa shape index (κ3) is 4.20. The second kappa shape index (κ2) is 8.93. The van der Waals surface area contributed by atoms with E-state index in [0.29, 0.717) is 30.0 Å². The van der Waals surface area contributed by atoms with E-state index in [-0.39, 0.29) is 23.6 Å². The highest BCUT2D eigenvalue weighted by Crippen LogP contribution is 2.44. The highest BCUT2D eigenvalue weighted by Gasteiger charge is 2.37. The standard InChI is InChI=1S/C23H28N2O6/c1-6-31-22(27)17-12-25-18(10-19(17)26)16-9-20(30-5)15(11-24-28)7-14(16)8-21(25)23(2,3)13-29-4/h7,9-12,21,28H,6,8,13H2,1-5H3. The van der Waals surface area contributed by atoms with Crippen LogP contribution >= 0.6 is 0 Å². The summed E-state index contributed by atoms with van der Waals surface area (Å²) in [6.07, 6.45) is 3.54. The van der Waals surface area contributed by atoms with Gasteiger partial charge in [-0.15, -0.1) is 0 Å². The summed E-state index contributed by atoms with van der Waals surface area (Å²) in [7, 11) is 3.18. The summed E-state index contributed by atoms with van der Waals surface area (Å²) in [4.78, 5) is 25.2. The minimum atomic E-state index is -0.635. The topological polar surface area (TPSA) is 99.4 Å². The molecule has 1 aliphatic rings. The molecule has 0 fully saturated rings. The summed E-state index contributed by atoms with van der Waals surface area (Å²) in [6, 6.07) is 5.09. The average Bonchev–Trinajstić information content (AvgIpc) is 2.72. The predicted octanol–water partition coefficient (Wildman–Crippen LogP) is 3.28. The van der Waals surface area contributed by atoms with E-state index in [1.54, 1.807) is 20.2 Å². The molecule has 8 nitrogen and oxygen atoms in total. The molecule has 8 heteroatoms. The molecule has 3 rings (SSSR count). The van der Waals surface area contributed by atoms with Crippen LogP contribution in [0.15, 0.2) is 34.3 Å². The van der Waals surface area contributed by atoms with Crippen molar-refractivity contribution < 1.29 is 24.2 Å². The molecule has 1 N–H and O–H groups in total. The number of oxime groups is 1. The van der Waals surface area contributed by atoms with Gasteiger partial charge in [0.25, 0.3) is 0 Å². The number of ether oxygens (including phenoxy) is 3. The number of pyridine rings is 1. The van der Waals surface area contributed by atoms with Gasteiger partial charge in [0.2, 0.25) is 0 Å². The molecule has 0 radical (unpaired) electrons. The van der Waals surface area contributed by atoms with E-state index < -0.39 is 11.4 Å². The Labute approximate surface area is 181 Å². The Bertz CT molecular complexity index is 1070. The highest BCUT2D eigenvalue weighted by molar-refractivity contribution is 5.90. The Morgan fingerprint density at radius 3 is 2.68 bits per heavy atom. The van der Waals surface area contributed by atoms with Crippen LogP contribution in [0.1, 0.15) is 48.3 Å². The highest BCUT2D eigenvalue weighted by atomic mass is 16.5. The monoisotopic (exact) mass is 428 g/mol. The van der Waals surface area contributed by atoms with E-state index in [1.165, 1.54) is 19.4 Å². The smallest absolute Gasteiger partial charge is 0.343 e. The van der Waals surface area contributed by atoms with Crippen LogP contribution in [0.25, 0.3) is 11.3 Å². The molecule has 0 amide bonds. The number of rotatable bonds is 7. The lowest BCUT2D eigenvalue weighted by atomic mass is 9.77. The first-order valence-corrected chi connectivity index (χ1v) is 10.1. The molecule has 2 heterocycles. The van der Waals surface area contributed by atoms with Gasteiger partial charge in [-0.25, -0.2) is 4.79 Å². The lowest BCUT2D eigenvalue weighted by Gasteiger charge is -2.40. The number of methoxy groups -OCH3 is 2. The maximum Gasteiger partial charge on any atom is 0.343 e. The van der Waals surface area contributed by atoms with Crippen LogP contribution in [-0.4, -0.2) is 49.4 Å². The fourth-order valence-electron chi connectivity index (χ4n) is 4.20. The normalized spacial score (nSPS) is 15.5. The first kappa shape index (κ1) is 22.6. The number of esters is 1. The maximum absolute atomic E-state index is 12.8. The minimum absolute atomic E-state index is 0.00302. The molecule has 0 saturated heterocycles. The zero-order chi connectivity index (χ0) is 22.8. The summed E-state index contributed by atoms with van der Waals surface area (Å²) in [5.74, 6) is -0.122. The molecule has 1 aromatic heterocycles. The lowest BCUT2D eigenvalue weighted by molar-refractivity contribution is 0.0516. The van der Waals surface area contributed by atoms with Crippen molar-refractivity contribution in [3.05, 3.63) is 51.3 Å². The minimum Gasteiger partial charge on any atom is -0.496 e. The zero-order valence-corrected chi connectivity index (χ0v) is 18.5. The Balaban J connectivity index is 2.29. The summed E-state index contributed by atoms with van der Waals surface area (Å²) in [5, 5.41) is 12.2. The summed E-state index contributed by atoms with van der Waals surface area (Å²) in [6.45, 7) is 6.53. The second-order valence-corrected chi connectivity index (χ2v) is 8.20. The van der Waals surface area contributed by atoms with Gasteiger partial charge in [-0.05, 0) is 31.0 Å². The molecule has 0 bridgehead atoms. The Kier molecular flexibility index (Phi) is 6.50. The number of carbonyl (C=O) groups is 1. The van der Waals surface area contributed by atoms with Gasteiger partial charge in [-0.2, -0.15) is 0 Å². The van der Waals surface area contributed by atoms with Crippen LogP contribution in [0.4, 0.5) is 0 Å². The average molecular weight is 428 g/mol. The van der Waals surface area contributed by atoms with Gasteiger partial charge >= 0.3 is 5.97 Å². The first-order valence-electron chi connectivity index (χ1n) is 10.1. The van der Waals surface area contributed by atoms with Gasteiger partial charge in [-0.3, -0.25) is 4.79 Å². The van der Waals surface area contributed by atoms with Crippen molar-refractivity contribution in [2.75, 3.05) is 27.4 Å². The molecular weight excluding hydrogens is 400 g/mol. The zero-order valence-electron chi connectivity index (χ0n) is 18.5. The molecule has 166 valence electrons. The fraction of sp³-hybridized carbons (Fsp3) is 0.435. The third-order valence-corrected chi connectivity index (χ3v) is 5.67. The van der Waals surface area contributed by atoms with Crippen LogP contribution in [-0.2, 0) is 15.9 Å². The van der Waals surface area contributed by atoms with E-state index in [4.69, 9.17) is 19.4 Å². The number of hydrogen-bond acceptors (Lipinski definition) is 7. The van der Waals surface area contributed by atoms with E-state index in [9.17, 15) is 9.59 Å². The van der Waals surface area contributed by atoms with Crippen molar-refractivity contribution in [3.8, 4) is 17.0 Å². The molecule has 1 atom stereocenters. The van der Waals surface area contributed by atoms with Crippen LogP contribution in [0.5, 0.6) is 5.75 Å². The molecule has 0 saturated carbocycles. The SMILES string of the molecule is CCOC(=O)c1cn2c(cc1=O)-c1cc(OC)c(C=NO)cc1CC2C(C)(C)COC. The molecule has 1 aliphatic heterocycles. The molecular formula is C23H28N2O6. The summed E-state index contributed by atoms with van der Waals surface area (Å²) in [5.41, 5.74) is 2.40. The largest absolute Gasteiger partial charge is 0.496 e. The van der Waals surface area contributed by atoms with Crippen molar-refractivity contribution in [2.24, 2.45) is 10.6 Å². The third-order valence-electron chi connectivity index (χ3n) is 5.67. The van der Waals surface area contributed by atoms with Crippen LogP contribution in [0.3, 0.4) is 0 Å². The number of fused-ring (bicyclic) bond motifs is 3. The molecule has 1 aromatic carbocycles. The number of hydrogen-bond donors (Lipinski definition) is 1. The number of carbonyl (C=O) groups excluding carboxylic acids is 1. The predicted molar refractivity (Wildman–Crippen MR) is 116 cm³/mol. The number of benzene rings is 1. The van der Waals surface area contributed by atoms with Gasteiger partial charge in [0.1, 0.15) is 11.3 Å². The van der Waals surface area contributed by atoms with Gasteiger partial charge < -0.3 is 24.0 Å². The van der Waals surface area contributed by atoms with Crippen molar-refractivity contribution in [1.29, 1.82) is 0 Å². The van der Waals surface area contributed by atoms with Gasteiger partial charge in [-0.1, -0.05) is 19.0 Å². The molecule has 31 heavy (non-hydrogen) atoms. The second-order valence-electron chi connectivity index (χ2n) is 8.20. The molecule has 1 unspecified atom stereocenters. The summed E-state index contributed by atoms with van der Waals surface area (Å²) < 4.78 is 18.0. The van der Waals surface area contributed by atoms with E-state index in [0.717, 1.165) is 11.1 Å². The maximum atomic E-state index is 12.8. The van der Waals surface area contributed by atoms with E-state index in [1.807, 2.05) is 16.7 Å². The van der Waals surface area contributed by atoms with E-state index >= 15 is 0 Å². The first-order chi connectivity index (χ1) is 14.8. The lowest BCUT2D eigenvalue weighted by Crippen LogP contribution is -2.37. The van der Waals surface area contributed by atoms with Gasteiger partial charge in [0.05, 0.1) is 32.2 Å². The number of nitrogens with zero attached hydrogens (tertiary/aromatic N) is 2. The van der Waals surface area contributed by atoms with Crippen LogP contribution < -0.4 is 10.2 Å².